The summed E-state index contributed by atoms with van der Waals surface area (Å²) in [5.41, 5.74) is 0. The van der Waals surface area contributed by atoms with E-state index in [1.807, 2.05) is 6.92 Å². The number of hydrogen-bond acceptors (Lipinski definition) is 4. The van der Waals surface area contributed by atoms with Crippen LogP contribution in [0, 0.1) is 0 Å². The molecule has 0 bridgehead atoms. The predicted molar refractivity (Wildman–Crippen MR) is 50.0 cm³/mol. The number of amides is 1. The van der Waals surface area contributed by atoms with Crippen molar-refractivity contribution in [3.05, 3.63) is 0 Å². The Bertz CT molecular complexity index is 186. The zero-order valence-electron chi connectivity index (χ0n) is 8.36. The van der Waals surface area contributed by atoms with Gasteiger partial charge in [-0.3, -0.25) is 0 Å². The summed E-state index contributed by atoms with van der Waals surface area (Å²) in [7, 11) is 0. The van der Waals surface area contributed by atoms with Gasteiger partial charge in [-0.1, -0.05) is 0 Å². The summed E-state index contributed by atoms with van der Waals surface area (Å²) in [4.78, 5) is 10.9. The zero-order valence-corrected chi connectivity index (χ0v) is 8.36. The van der Waals surface area contributed by atoms with E-state index in [0.717, 1.165) is 0 Å². The summed E-state index contributed by atoms with van der Waals surface area (Å²) < 4.78 is 10.2. The topological polar surface area (TPSA) is 67.8 Å². The second kappa shape index (κ2) is 5.82. The second-order valence-electron chi connectivity index (χ2n) is 3.30. The molecule has 1 aliphatic rings. The fraction of sp³-hybridized carbons (Fsp3) is 0.889. The van der Waals surface area contributed by atoms with Crippen LogP contribution in [-0.4, -0.2) is 43.2 Å². The van der Waals surface area contributed by atoms with Crippen LogP contribution in [0.2, 0.25) is 0 Å². The van der Waals surface area contributed by atoms with Crippen LogP contribution in [0.5, 0.6) is 0 Å². The molecule has 0 radical (unpaired) electrons. The van der Waals surface area contributed by atoms with E-state index in [0.29, 0.717) is 26.0 Å². The van der Waals surface area contributed by atoms with Crippen LogP contribution in [0.1, 0.15) is 19.8 Å². The molecule has 0 aromatic rings. The van der Waals surface area contributed by atoms with Crippen molar-refractivity contribution in [2.24, 2.45) is 0 Å². The summed E-state index contributed by atoms with van der Waals surface area (Å²) >= 11 is 0. The third-order valence-electron chi connectivity index (χ3n) is 2.06. The van der Waals surface area contributed by atoms with Gasteiger partial charge in [0.25, 0.3) is 0 Å². The van der Waals surface area contributed by atoms with Crippen molar-refractivity contribution in [1.29, 1.82) is 0 Å². The molecule has 1 aliphatic heterocycles. The van der Waals surface area contributed by atoms with Crippen molar-refractivity contribution >= 4 is 6.09 Å². The molecule has 0 spiro atoms. The van der Waals surface area contributed by atoms with E-state index >= 15 is 0 Å². The summed E-state index contributed by atoms with van der Waals surface area (Å²) in [5, 5.41) is 11.8. The molecular formula is C9H17NO4. The number of ether oxygens (including phenoxy) is 2. The summed E-state index contributed by atoms with van der Waals surface area (Å²) in [5.74, 6) is 0. The number of aliphatic hydroxyl groups excluding tert-OH is 1. The molecule has 1 amide bonds. The van der Waals surface area contributed by atoms with Gasteiger partial charge in [0, 0.05) is 19.6 Å². The molecule has 2 atom stereocenters. The lowest BCUT2D eigenvalue weighted by Crippen LogP contribution is -2.34. The summed E-state index contributed by atoms with van der Waals surface area (Å²) in [6.45, 7) is 3.11. The van der Waals surface area contributed by atoms with Gasteiger partial charge in [-0.05, 0) is 13.3 Å². The smallest absolute Gasteiger partial charge is 0.407 e. The maximum atomic E-state index is 10.9. The molecule has 0 aliphatic carbocycles. The van der Waals surface area contributed by atoms with Crippen molar-refractivity contribution in [3.8, 4) is 0 Å². The van der Waals surface area contributed by atoms with Gasteiger partial charge in [-0.2, -0.15) is 0 Å². The lowest BCUT2D eigenvalue weighted by molar-refractivity contribution is -0.0663. The number of alkyl carbamates (subject to hydrolysis) is 1. The molecule has 0 saturated carbocycles. The molecule has 5 nitrogen and oxygen atoms in total. The largest absolute Gasteiger partial charge is 0.447 e. The van der Waals surface area contributed by atoms with E-state index in [2.05, 4.69) is 5.32 Å². The van der Waals surface area contributed by atoms with Gasteiger partial charge in [0.2, 0.25) is 0 Å². The first-order chi connectivity index (χ1) is 6.72. The Morgan fingerprint density at radius 2 is 2.50 bits per heavy atom. The van der Waals surface area contributed by atoms with Crippen LogP contribution in [0.3, 0.4) is 0 Å². The fourth-order valence-corrected chi connectivity index (χ4v) is 1.34. The number of carbonyl (C=O) groups is 1. The monoisotopic (exact) mass is 203 g/mol. The van der Waals surface area contributed by atoms with Crippen LogP contribution in [0.4, 0.5) is 4.79 Å². The van der Waals surface area contributed by atoms with E-state index < -0.39 is 6.09 Å². The molecule has 2 unspecified atom stereocenters. The normalized spacial score (nSPS) is 27.0. The van der Waals surface area contributed by atoms with Gasteiger partial charge in [0.05, 0.1) is 12.2 Å². The third-order valence-corrected chi connectivity index (χ3v) is 2.06. The Kier molecular flexibility index (Phi) is 4.69. The summed E-state index contributed by atoms with van der Waals surface area (Å²) in [6, 6.07) is 0. The lowest BCUT2D eigenvalue weighted by Gasteiger charge is -2.25. The Morgan fingerprint density at radius 1 is 1.71 bits per heavy atom. The van der Waals surface area contributed by atoms with Crippen LogP contribution in [0.15, 0.2) is 0 Å². The van der Waals surface area contributed by atoms with Gasteiger partial charge < -0.3 is 19.9 Å². The van der Waals surface area contributed by atoms with Crippen LogP contribution < -0.4 is 5.32 Å². The third kappa shape index (κ3) is 3.93. The standard InChI is InChI=1S/C9H17NO4/c1-2-10-9(12)14-6-8-5-7(11)3-4-13-8/h7-8,11H,2-6H2,1H3,(H,10,12). The molecular weight excluding hydrogens is 186 g/mol. The number of rotatable bonds is 3. The first-order valence-electron chi connectivity index (χ1n) is 4.92. The molecule has 1 fully saturated rings. The molecule has 2 N–H and O–H groups in total. The van der Waals surface area contributed by atoms with E-state index in [1.165, 1.54) is 0 Å². The zero-order chi connectivity index (χ0) is 10.4. The molecule has 1 saturated heterocycles. The molecule has 5 heteroatoms. The minimum atomic E-state index is -0.434. The second-order valence-corrected chi connectivity index (χ2v) is 3.30. The van der Waals surface area contributed by atoms with Crippen molar-refractivity contribution in [2.45, 2.75) is 32.0 Å². The highest BCUT2D eigenvalue weighted by Gasteiger charge is 2.21. The van der Waals surface area contributed by atoms with Crippen molar-refractivity contribution in [3.63, 3.8) is 0 Å². The fourth-order valence-electron chi connectivity index (χ4n) is 1.34. The maximum absolute atomic E-state index is 10.9. The van der Waals surface area contributed by atoms with Gasteiger partial charge in [-0.15, -0.1) is 0 Å². The predicted octanol–water partition coefficient (Wildman–Crippen LogP) is 0.272. The highest BCUT2D eigenvalue weighted by atomic mass is 16.6. The highest BCUT2D eigenvalue weighted by molar-refractivity contribution is 5.66. The average molecular weight is 203 g/mol. The van der Waals surface area contributed by atoms with E-state index in [-0.39, 0.29) is 18.8 Å². The van der Waals surface area contributed by atoms with E-state index in [1.54, 1.807) is 0 Å². The Balaban J connectivity index is 2.14. The van der Waals surface area contributed by atoms with E-state index in [9.17, 15) is 9.90 Å². The van der Waals surface area contributed by atoms with Gasteiger partial charge in [0.15, 0.2) is 0 Å². The van der Waals surface area contributed by atoms with E-state index in [4.69, 9.17) is 9.47 Å². The van der Waals surface area contributed by atoms with Gasteiger partial charge >= 0.3 is 6.09 Å². The molecule has 0 aromatic carbocycles. The number of nitrogens with one attached hydrogen (secondary N) is 1. The minimum Gasteiger partial charge on any atom is -0.447 e. The number of carbonyl (C=O) groups excluding carboxylic acids is 1. The van der Waals surface area contributed by atoms with Gasteiger partial charge in [0.1, 0.15) is 6.61 Å². The Labute approximate surface area is 83.4 Å². The quantitative estimate of drug-likeness (QED) is 0.691. The van der Waals surface area contributed by atoms with Crippen LogP contribution in [-0.2, 0) is 9.47 Å². The molecule has 1 heterocycles. The molecule has 0 aromatic heterocycles. The summed E-state index contributed by atoms with van der Waals surface area (Å²) in [6.07, 6.45) is 0.279. The van der Waals surface area contributed by atoms with Crippen molar-refractivity contribution < 1.29 is 19.4 Å². The Hall–Kier alpha value is -0.810. The Morgan fingerprint density at radius 3 is 3.14 bits per heavy atom. The lowest BCUT2D eigenvalue weighted by atomic mass is 10.1. The molecule has 1 rings (SSSR count). The van der Waals surface area contributed by atoms with Gasteiger partial charge in [-0.25, -0.2) is 4.79 Å². The first-order valence-corrected chi connectivity index (χ1v) is 4.92. The molecule has 82 valence electrons. The number of aliphatic hydroxyl groups is 1. The van der Waals surface area contributed by atoms with Crippen LogP contribution in [0.25, 0.3) is 0 Å². The number of hydrogen-bond donors (Lipinski definition) is 2. The van der Waals surface area contributed by atoms with Crippen molar-refractivity contribution in [1.82, 2.24) is 5.32 Å². The average Bonchev–Trinajstić information content (AvgIpc) is 2.15. The molecule has 14 heavy (non-hydrogen) atoms. The van der Waals surface area contributed by atoms with Crippen LogP contribution >= 0.6 is 0 Å². The maximum Gasteiger partial charge on any atom is 0.407 e. The highest BCUT2D eigenvalue weighted by Crippen LogP contribution is 2.13. The minimum absolute atomic E-state index is 0.165. The first kappa shape index (κ1) is 11.3. The SMILES string of the molecule is CCNC(=O)OCC1CC(O)CCO1. The van der Waals surface area contributed by atoms with Crippen molar-refractivity contribution in [2.75, 3.05) is 19.8 Å².